The molecule has 0 aliphatic carbocycles. The number of rotatable bonds is 1. The molecule has 0 saturated carbocycles. The molecule has 0 unspecified atom stereocenters. The summed E-state index contributed by atoms with van der Waals surface area (Å²) in [7, 11) is 0. The zero-order valence-corrected chi connectivity index (χ0v) is 9.77. The van der Waals surface area contributed by atoms with Gasteiger partial charge < -0.3 is 4.90 Å². The van der Waals surface area contributed by atoms with Crippen molar-refractivity contribution < 1.29 is 0 Å². The molecular weight excluding hydrogens is 249 g/mol. The summed E-state index contributed by atoms with van der Waals surface area (Å²) in [6, 6.07) is 6.11. The molecule has 1 fully saturated rings. The van der Waals surface area contributed by atoms with Gasteiger partial charge in [-0.15, -0.1) is 0 Å². The van der Waals surface area contributed by atoms with Crippen LogP contribution in [0.5, 0.6) is 0 Å². The predicted octanol–water partition coefficient (Wildman–Crippen LogP) is 3.56. The molecule has 1 saturated heterocycles. The van der Waals surface area contributed by atoms with E-state index in [2.05, 4.69) is 33.8 Å². The van der Waals surface area contributed by atoms with Crippen LogP contribution in [0.2, 0.25) is 5.02 Å². The van der Waals surface area contributed by atoms with E-state index in [1.807, 2.05) is 12.1 Å². The van der Waals surface area contributed by atoms with Gasteiger partial charge in [-0.2, -0.15) is 0 Å². The van der Waals surface area contributed by atoms with E-state index in [4.69, 9.17) is 11.6 Å². The van der Waals surface area contributed by atoms with E-state index in [0.29, 0.717) is 0 Å². The van der Waals surface area contributed by atoms with Crippen molar-refractivity contribution in [1.82, 2.24) is 0 Å². The first-order valence-corrected chi connectivity index (χ1v) is 5.54. The maximum atomic E-state index is 6.00. The van der Waals surface area contributed by atoms with Gasteiger partial charge in [-0.3, -0.25) is 0 Å². The maximum Gasteiger partial charge on any atom is 0.0568 e. The fourth-order valence-electron chi connectivity index (χ4n) is 1.59. The van der Waals surface area contributed by atoms with Crippen molar-refractivity contribution in [2.24, 2.45) is 5.92 Å². The molecule has 1 nitrogen and oxygen atoms in total. The van der Waals surface area contributed by atoms with Crippen molar-refractivity contribution in [3.63, 3.8) is 0 Å². The summed E-state index contributed by atoms with van der Waals surface area (Å²) in [6.07, 6.45) is 0. The molecule has 0 N–H and O–H groups in total. The van der Waals surface area contributed by atoms with Crippen LogP contribution in [0, 0.1) is 5.92 Å². The van der Waals surface area contributed by atoms with E-state index < -0.39 is 0 Å². The Hall–Kier alpha value is -0.210. The van der Waals surface area contributed by atoms with Gasteiger partial charge in [-0.05, 0) is 40.0 Å². The molecule has 0 atom stereocenters. The molecule has 0 aromatic heterocycles. The average Bonchev–Trinajstić information content (AvgIpc) is 2.05. The molecule has 3 heteroatoms. The topological polar surface area (TPSA) is 3.24 Å². The van der Waals surface area contributed by atoms with E-state index in [0.717, 1.165) is 28.5 Å². The summed E-state index contributed by atoms with van der Waals surface area (Å²) in [6.45, 7) is 4.56. The van der Waals surface area contributed by atoms with E-state index in [9.17, 15) is 0 Å². The normalized spacial score (nSPS) is 17.3. The highest BCUT2D eigenvalue weighted by Gasteiger charge is 2.22. The second-order valence-corrected chi connectivity index (χ2v) is 4.87. The minimum atomic E-state index is 0.789. The summed E-state index contributed by atoms with van der Waals surface area (Å²) in [5.41, 5.74) is 1.23. The Bertz CT molecular complexity index is 321. The smallest absolute Gasteiger partial charge is 0.0568 e. The summed E-state index contributed by atoms with van der Waals surface area (Å²) >= 11 is 9.38. The van der Waals surface area contributed by atoms with Gasteiger partial charge in [0, 0.05) is 23.2 Å². The Morgan fingerprint density at radius 2 is 2.15 bits per heavy atom. The van der Waals surface area contributed by atoms with Crippen LogP contribution in [0.25, 0.3) is 0 Å². The molecule has 13 heavy (non-hydrogen) atoms. The zero-order valence-electron chi connectivity index (χ0n) is 7.43. The van der Waals surface area contributed by atoms with Crippen molar-refractivity contribution in [2.75, 3.05) is 18.0 Å². The van der Waals surface area contributed by atoms with Crippen molar-refractivity contribution in [1.29, 1.82) is 0 Å². The fraction of sp³-hybridized carbons (Fsp3) is 0.400. The lowest BCUT2D eigenvalue weighted by Gasteiger charge is -2.39. The quantitative estimate of drug-likeness (QED) is 0.746. The Morgan fingerprint density at radius 1 is 1.46 bits per heavy atom. The molecule has 1 aliphatic heterocycles. The third-order valence-corrected chi connectivity index (χ3v) is 3.56. The molecule has 0 radical (unpaired) electrons. The first-order valence-electron chi connectivity index (χ1n) is 4.37. The Kier molecular flexibility index (Phi) is 2.52. The number of hydrogen-bond donors (Lipinski definition) is 0. The molecule has 1 aliphatic rings. The third-order valence-electron chi connectivity index (χ3n) is 2.33. The van der Waals surface area contributed by atoms with Gasteiger partial charge in [0.25, 0.3) is 0 Å². The Balaban J connectivity index is 2.18. The van der Waals surface area contributed by atoms with Crippen molar-refractivity contribution in [3.8, 4) is 0 Å². The summed E-state index contributed by atoms with van der Waals surface area (Å²) in [5.74, 6) is 0.822. The standard InChI is InChI=1S/C10H11BrClN/c1-7-5-13(6-7)8-2-3-9(11)10(12)4-8/h2-4,7H,5-6H2,1H3. The van der Waals surface area contributed by atoms with Gasteiger partial charge in [-0.1, -0.05) is 18.5 Å². The van der Waals surface area contributed by atoms with Gasteiger partial charge in [0.05, 0.1) is 5.02 Å². The molecule has 1 aromatic rings. The number of hydrogen-bond acceptors (Lipinski definition) is 1. The van der Waals surface area contributed by atoms with Gasteiger partial charge in [0.15, 0.2) is 0 Å². The molecule has 2 rings (SSSR count). The average molecular weight is 261 g/mol. The van der Waals surface area contributed by atoms with Gasteiger partial charge in [-0.25, -0.2) is 0 Å². The number of benzene rings is 1. The lowest BCUT2D eigenvalue weighted by atomic mass is 10.0. The Labute approximate surface area is 91.8 Å². The van der Waals surface area contributed by atoms with E-state index in [1.54, 1.807) is 0 Å². The molecule has 0 spiro atoms. The second kappa shape index (κ2) is 3.50. The second-order valence-electron chi connectivity index (χ2n) is 3.61. The van der Waals surface area contributed by atoms with Crippen LogP contribution >= 0.6 is 27.5 Å². The first-order chi connectivity index (χ1) is 6.16. The van der Waals surface area contributed by atoms with Crippen LogP contribution in [-0.2, 0) is 0 Å². The van der Waals surface area contributed by atoms with Crippen LogP contribution < -0.4 is 4.90 Å². The largest absolute Gasteiger partial charge is 0.371 e. The molecule has 0 amide bonds. The lowest BCUT2D eigenvalue weighted by molar-refractivity contribution is 0.447. The summed E-state index contributed by atoms with van der Waals surface area (Å²) in [5, 5.41) is 0.789. The van der Waals surface area contributed by atoms with Gasteiger partial charge in [0.1, 0.15) is 0 Å². The maximum absolute atomic E-state index is 6.00. The monoisotopic (exact) mass is 259 g/mol. The number of nitrogens with zero attached hydrogens (tertiary/aromatic N) is 1. The molecule has 1 aromatic carbocycles. The fourth-order valence-corrected chi connectivity index (χ4v) is 2.01. The van der Waals surface area contributed by atoms with Crippen LogP contribution in [-0.4, -0.2) is 13.1 Å². The highest BCUT2D eigenvalue weighted by molar-refractivity contribution is 9.10. The van der Waals surface area contributed by atoms with E-state index >= 15 is 0 Å². The van der Waals surface area contributed by atoms with Crippen LogP contribution in [0.15, 0.2) is 22.7 Å². The summed E-state index contributed by atoms with van der Waals surface area (Å²) in [4.78, 5) is 2.34. The number of halogens is 2. The van der Waals surface area contributed by atoms with Crippen molar-refractivity contribution in [2.45, 2.75) is 6.92 Å². The SMILES string of the molecule is CC1CN(c2ccc(Br)c(Cl)c2)C1. The highest BCUT2D eigenvalue weighted by atomic mass is 79.9. The predicted molar refractivity (Wildman–Crippen MR) is 60.5 cm³/mol. The van der Waals surface area contributed by atoms with Crippen molar-refractivity contribution >= 4 is 33.2 Å². The number of anilines is 1. The summed E-state index contributed by atoms with van der Waals surface area (Å²) < 4.78 is 0.964. The molecular formula is C10H11BrClN. The highest BCUT2D eigenvalue weighted by Crippen LogP contribution is 2.30. The van der Waals surface area contributed by atoms with E-state index in [-0.39, 0.29) is 0 Å². The minimum Gasteiger partial charge on any atom is -0.371 e. The zero-order chi connectivity index (χ0) is 9.42. The first kappa shape index (κ1) is 9.35. The minimum absolute atomic E-state index is 0.789. The van der Waals surface area contributed by atoms with Gasteiger partial charge in [0.2, 0.25) is 0 Å². The van der Waals surface area contributed by atoms with Crippen LogP contribution in [0.3, 0.4) is 0 Å². The molecule has 1 heterocycles. The lowest BCUT2D eigenvalue weighted by Crippen LogP contribution is -2.45. The van der Waals surface area contributed by atoms with Gasteiger partial charge >= 0.3 is 0 Å². The van der Waals surface area contributed by atoms with Crippen molar-refractivity contribution in [3.05, 3.63) is 27.7 Å². The third kappa shape index (κ3) is 1.84. The van der Waals surface area contributed by atoms with E-state index in [1.165, 1.54) is 5.69 Å². The van der Waals surface area contributed by atoms with Crippen LogP contribution in [0.4, 0.5) is 5.69 Å². The van der Waals surface area contributed by atoms with Crippen LogP contribution in [0.1, 0.15) is 6.92 Å². The molecule has 0 bridgehead atoms. The Morgan fingerprint density at radius 3 is 2.69 bits per heavy atom. The molecule has 70 valence electrons.